The fourth-order valence-electron chi connectivity index (χ4n) is 1.11. The fraction of sp³-hybridized carbons (Fsp3) is 0.364. The maximum absolute atomic E-state index is 11.1. The first kappa shape index (κ1) is 12.5. The Hall–Kier alpha value is -1.59. The van der Waals surface area contributed by atoms with Gasteiger partial charge in [-0.25, -0.2) is 4.79 Å². The van der Waals surface area contributed by atoms with Crippen LogP contribution in [0.5, 0.6) is 5.75 Å². The molecule has 5 heteroatoms. The highest BCUT2D eigenvalue weighted by Crippen LogP contribution is 2.13. The summed E-state index contributed by atoms with van der Waals surface area (Å²) in [5, 5.41) is 9.08. The highest BCUT2D eigenvalue weighted by atomic mass is 16.5. The molecular formula is C11H15NO4. The van der Waals surface area contributed by atoms with Crippen LogP contribution in [-0.4, -0.2) is 30.8 Å². The van der Waals surface area contributed by atoms with Gasteiger partial charge in [0.1, 0.15) is 12.4 Å². The summed E-state index contributed by atoms with van der Waals surface area (Å²) in [6, 6.07) is 7.13. The number of nitrogens with two attached hydrogens (primary N) is 1. The SMILES string of the molecule is COc1cccc(COC(=O)C(O)CN)c1. The number of carbonyl (C=O) groups is 1. The number of esters is 1. The Morgan fingerprint density at radius 2 is 2.31 bits per heavy atom. The number of carbonyl (C=O) groups excluding carboxylic acids is 1. The van der Waals surface area contributed by atoms with Crippen LogP contribution in [0.2, 0.25) is 0 Å². The zero-order valence-corrected chi connectivity index (χ0v) is 9.05. The zero-order chi connectivity index (χ0) is 12.0. The summed E-state index contributed by atoms with van der Waals surface area (Å²) in [5.74, 6) is -0.0294. The molecule has 5 nitrogen and oxygen atoms in total. The van der Waals surface area contributed by atoms with Crippen molar-refractivity contribution in [2.45, 2.75) is 12.7 Å². The van der Waals surface area contributed by atoms with Crippen molar-refractivity contribution < 1.29 is 19.4 Å². The molecule has 1 atom stereocenters. The van der Waals surface area contributed by atoms with Crippen LogP contribution in [0.3, 0.4) is 0 Å². The standard InChI is InChI=1S/C11H15NO4/c1-15-9-4-2-3-8(5-9)7-16-11(14)10(13)6-12/h2-5,10,13H,6-7,12H2,1H3. The first-order chi connectivity index (χ1) is 7.67. The molecule has 0 aromatic heterocycles. The number of hydrogen-bond donors (Lipinski definition) is 2. The highest BCUT2D eigenvalue weighted by Gasteiger charge is 2.14. The van der Waals surface area contributed by atoms with Gasteiger partial charge < -0.3 is 20.3 Å². The summed E-state index contributed by atoms with van der Waals surface area (Å²) in [5.41, 5.74) is 5.91. The predicted octanol–water partition coefficient (Wildman–Crippen LogP) is 0.0580. The van der Waals surface area contributed by atoms with E-state index in [-0.39, 0.29) is 13.2 Å². The Morgan fingerprint density at radius 1 is 1.56 bits per heavy atom. The second-order valence-electron chi connectivity index (χ2n) is 3.21. The quantitative estimate of drug-likeness (QED) is 0.692. The topological polar surface area (TPSA) is 81.8 Å². The van der Waals surface area contributed by atoms with Gasteiger partial charge in [0.25, 0.3) is 0 Å². The second-order valence-corrected chi connectivity index (χ2v) is 3.21. The van der Waals surface area contributed by atoms with Gasteiger partial charge >= 0.3 is 5.97 Å². The van der Waals surface area contributed by atoms with E-state index in [2.05, 4.69) is 0 Å². The smallest absolute Gasteiger partial charge is 0.336 e. The minimum absolute atomic E-state index is 0.0904. The zero-order valence-electron chi connectivity index (χ0n) is 9.05. The van der Waals surface area contributed by atoms with E-state index >= 15 is 0 Å². The van der Waals surface area contributed by atoms with E-state index in [1.807, 2.05) is 0 Å². The van der Waals surface area contributed by atoms with E-state index in [1.54, 1.807) is 31.4 Å². The lowest BCUT2D eigenvalue weighted by Crippen LogP contribution is -2.30. The van der Waals surface area contributed by atoms with Gasteiger partial charge in [0, 0.05) is 6.54 Å². The van der Waals surface area contributed by atoms with Gasteiger partial charge in [0.15, 0.2) is 6.10 Å². The first-order valence-corrected chi connectivity index (χ1v) is 4.85. The molecule has 88 valence electrons. The van der Waals surface area contributed by atoms with Crippen molar-refractivity contribution in [3.63, 3.8) is 0 Å². The van der Waals surface area contributed by atoms with Gasteiger partial charge in [-0.05, 0) is 17.7 Å². The second kappa shape index (κ2) is 6.09. The minimum Gasteiger partial charge on any atom is -0.497 e. The van der Waals surface area contributed by atoms with Crippen LogP contribution >= 0.6 is 0 Å². The van der Waals surface area contributed by atoms with E-state index in [9.17, 15) is 4.79 Å². The molecule has 1 aromatic carbocycles. The average molecular weight is 225 g/mol. The van der Waals surface area contributed by atoms with Crippen LogP contribution in [0.4, 0.5) is 0 Å². The maximum atomic E-state index is 11.1. The number of rotatable bonds is 5. The Balaban J connectivity index is 2.51. The third-order valence-corrected chi connectivity index (χ3v) is 2.01. The molecule has 1 aromatic rings. The molecule has 0 saturated carbocycles. The van der Waals surface area contributed by atoms with E-state index in [1.165, 1.54) is 0 Å². The van der Waals surface area contributed by atoms with Gasteiger partial charge in [-0.15, -0.1) is 0 Å². The summed E-state index contributed by atoms with van der Waals surface area (Å²) in [6.45, 7) is -0.0516. The molecule has 16 heavy (non-hydrogen) atoms. The van der Waals surface area contributed by atoms with Crippen molar-refractivity contribution in [1.82, 2.24) is 0 Å². The third kappa shape index (κ3) is 3.52. The summed E-state index contributed by atoms with van der Waals surface area (Å²) in [6.07, 6.45) is -1.26. The largest absolute Gasteiger partial charge is 0.497 e. The average Bonchev–Trinajstić information content (AvgIpc) is 2.35. The van der Waals surface area contributed by atoms with E-state index in [0.717, 1.165) is 5.56 Å². The van der Waals surface area contributed by atoms with Crippen LogP contribution < -0.4 is 10.5 Å². The summed E-state index contributed by atoms with van der Waals surface area (Å²) >= 11 is 0. The number of hydrogen-bond acceptors (Lipinski definition) is 5. The Labute approximate surface area is 93.8 Å². The lowest BCUT2D eigenvalue weighted by molar-refractivity contribution is -0.154. The molecule has 3 N–H and O–H groups in total. The summed E-state index contributed by atoms with van der Waals surface area (Å²) in [7, 11) is 1.56. The number of ether oxygens (including phenoxy) is 2. The van der Waals surface area contributed by atoms with Crippen LogP contribution in [0.25, 0.3) is 0 Å². The molecule has 0 amide bonds. The Morgan fingerprint density at radius 3 is 2.94 bits per heavy atom. The van der Waals surface area contributed by atoms with E-state index in [4.69, 9.17) is 20.3 Å². The Kier molecular flexibility index (Phi) is 4.75. The van der Waals surface area contributed by atoms with Gasteiger partial charge in [0.2, 0.25) is 0 Å². The first-order valence-electron chi connectivity index (χ1n) is 4.85. The molecule has 0 heterocycles. The molecule has 0 fully saturated rings. The van der Waals surface area contributed by atoms with Crippen LogP contribution in [0.15, 0.2) is 24.3 Å². The normalized spacial score (nSPS) is 11.9. The van der Waals surface area contributed by atoms with Crippen molar-refractivity contribution in [3.8, 4) is 5.75 Å². The van der Waals surface area contributed by atoms with Gasteiger partial charge in [0.05, 0.1) is 7.11 Å². The molecule has 1 unspecified atom stereocenters. The molecule has 0 saturated heterocycles. The molecule has 0 spiro atoms. The van der Waals surface area contributed by atoms with Crippen molar-refractivity contribution in [2.24, 2.45) is 5.73 Å². The lowest BCUT2D eigenvalue weighted by Gasteiger charge is -2.09. The molecule has 0 aliphatic carbocycles. The minimum atomic E-state index is -1.26. The molecular weight excluding hydrogens is 210 g/mol. The summed E-state index contributed by atoms with van der Waals surface area (Å²) in [4.78, 5) is 11.1. The predicted molar refractivity (Wildman–Crippen MR) is 57.9 cm³/mol. The number of aliphatic hydroxyl groups excluding tert-OH is 1. The molecule has 0 radical (unpaired) electrons. The molecule has 0 bridgehead atoms. The van der Waals surface area contributed by atoms with Crippen LogP contribution in [0, 0.1) is 0 Å². The Bertz CT molecular complexity index is 354. The highest BCUT2D eigenvalue weighted by molar-refractivity contribution is 5.74. The molecule has 0 aliphatic rings. The third-order valence-electron chi connectivity index (χ3n) is 2.01. The fourth-order valence-corrected chi connectivity index (χ4v) is 1.11. The lowest BCUT2D eigenvalue weighted by atomic mass is 10.2. The van der Waals surface area contributed by atoms with Crippen molar-refractivity contribution in [1.29, 1.82) is 0 Å². The maximum Gasteiger partial charge on any atom is 0.336 e. The number of benzene rings is 1. The summed E-state index contributed by atoms with van der Waals surface area (Å²) < 4.78 is 9.88. The van der Waals surface area contributed by atoms with Crippen molar-refractivity contribution >= 4 is 5.97 Å². The van der Waals surface area contributed by atoms with E-state index < -0.39 is 12.1 Å². The van der Waals surface area contributed by atoms with Crippen molar-refractivity contribution in [3.05, 3.63) is 29.8 Å². The molecule has 1 rings (SSSR count). The van der Waals surface area contributed by atoms with Gasteiger partial charge in [-0.1, -0.05) is 12.1 Å². The van der Waals surface area contributed by atoms with Gasteiger partial charge in [-0.3, -0.25) is 0 Å². The number of methoxy groups -OCH3 is 1. The molecule has 0 aliphatic heterocycles. The number of aliphatic hydroxyl groups is 1. The van der Waals surface area contributed by atoms with Crippen molar-refractivity contribution in [2.75, 3.05) is 13.7 Å². The van der Waals surface area contributed by atoms with Crippen LogP contribution in [-0.2, 0) is 16.1 Å². The van der Waals surface area contributed by atoms with Crippen LogP contribution in [0.1, 0.15) is 5.56 Å². The van der Waals surface area contributed by atoms with Gasteiger partial charge in [-0.2, -0.15) is 0 Å². The van der Waals surface area contributed by atoms with E-state index in [0.29, 0.717) is 5.75 Å². The monoisotopic (exact) mass is 225 g/mol.